The molecule has 0 aliphatic rings. The van der Waals surface area contributed by atoms with Crippen LogP contribution in [0.2, 0.25) is 0 Å². The zero-order chi connectivity index (χ0) is 12.6. The van der Waals surface area contributed by atoms with Crippen LogP contribution < -0.4 is 11.3 Å². The Hall–Kier alpha value is -0.290. The molecular weight excluding hydrogens is 217 g/mol. The van der Waals surface area contributed by atoms with E-state index < -0.39 is 12.6 Å². The third kappa shape index (κ3) is 7.06. The van der Waals surface area contributed by atoms with Gasteiger partial charge in [0.1, 0.15) is 0 Å². The molecule has 0 aromatic carbocycles. The van der Waals surface area contributed by atoms with Crippen molar-refractivity contribution in [3.8, 4) is 0 Å². The average molecular weight is 240 g/mol. The first kappa shape index (κ1) is 15.7. The van der Waals surface area contributed by atoms with Crippen LogP contribution in [0.15, 0.2) is 0 Å². The summed E-state index contributed by atoms with van der Waals surface area (Å²) < 4.78 is 36.4. The van der Waals surface area contributed by atoms with Crippen LogP contribution in [0.25, 0.3) is 0 Å². The van der Waals surface area contributed by atoms with Crippen molar-refractivity contribution in [1.82, 2.24) is 5.43 Å². The molecule has 0 rings (SSSR count). The van der Waals surface area contributed by atoms with Crippen LogP contribution in [-0.4, -0.2) is 12.2 Å². The van der Waals surface area contributed by atoms with E-state index in [1.54, 1.807) is 0 Å². The highest BCUT2D eigenvalue weighted by atomic mass is 19.4. The van der Waals surface area contributed by atoms with E-state index in [4.69, 9.17) is 5.84 Å². The Kier molecular flexibility index (Phi) is 7.76. The first-order valence-corrected chi connectivity index (χ1v) is 5.97. The van der Waals surface area contributed by atoms with E-state index in [2.05, 4.69) is 5.43 Å². The first-order valence-electron chi connectivity index (χ1n) is 5.97. The summed E-state index contributed by atoms with van der Waals surface area (Å²) >= 11 is 0. The highest BCUT2D eigenvalue weighted by Crippen LogP contribution is 2.26. The van der Waals surface area contributed by atoms with Gasteiger partial charge in [-0.2, -0.15) is 13.2 Å². The molecule has 0 aliphatic heterocycles. The van der Waals surface area contributed by atoms with Crippen molar-refractivity contribution in [3.63, 3.8) is 0 Å². The van der Waals surface area contributed by atoms with E-state index in [0.29, 0.717) is 0 Å². The fourth-order valence-corrected chi connectivity index (χ4v) is 2.06. The molecule has 2 nitrogen and oxygen atoms in total. The SMILES string of the molecule is CCCC(CCC)C(CCC(F)(F)F)NN. The van der Waals surface area contributed by atoms with Crippen molar-refractivity contribution in [1.29, 1.82) is 0 Å². The lowest BCUT2D eigenvalue weighted by Crippen LogP contribution is -2.41. The number of hydrogen-bond donors (Lipinski definition) is 2. The lowest BCUT2D eigenvalue weighted by Gasteiger charge is -2.26. The highest BCUT2D eigenvalue weighted by molar-refractivity contribution is 4.75. The lowest BCUT2D eigenvalue weighted by atomic mass is 9.88. The van der Waals surface area contributed by atoms with Crippen molar-refractivity contribution in [2.75, 3.05) is 0 Å². The van der Waals surface area contributed by atoms with E-state index in [1.165, 1.54) is 0 Å². The first-order chi connectivity index (χ1) is 7.44. The Bertz CT molecular complexity index is 165. The van der Waals surface area contributed by atoms with Crippen molar-refractivity contribution >= 4 is 0 Å². The summed E-state index contributed by atoms with van der Waals surface area (Å²) in [5.74, 6) is 5.60. The molecule has 0 amide bonds. The molecule has 0 aromatic heterocycles. The second-order valence-electron chi connectivity index (χ2n) is 4.26. The average Bonchev–Trinajstić information content (AvgIpc) is 2.17. The Morgan fingerprint density at radius 2 is 1.56 bits per heavy atom. The zero-order valence-corrected chi connectivity index (χ0v) is 10.1. The molecule has 1 unspecified atom stereocenters. The third-order valence-electron chi connectivity index (χ3n) is 2.84. The van der Waals surface area contributed by atoms with Gasteiger partial charge in [-0.1, -0.05) is 26.7 Å². The second kappa shape index (κ2) is 7.90. The molecule has 0 saturated carbocycles. The summed E-state index contributed by atoms with van der Waals surface area (Å²) in [7, 11) is 0. The quantitative estimate of drug-likeness (QED) is 0.504. The molecule has 0 aliphatic carbocycles. The van der Waals surface area contributed by atoms with Crippen molar-refractivity contribution in [2.24, 2.45) is 11.8 Å². The van der Waals surface area contributed by atoms with Gasteiger partial charge in [-0.15, -0.1) is 0 Å². The molecule has 0 aromatic rings. The fourth-order valence-electron chi connectivity index (χ4n) is 2.06. The molecule has 1 atom stereocenters. The number of rotatable bonds is 8. The summed E-state index contributed by atoms with van der Waals surface area (Å²) in [6.45, 7) is 4.08. The van der Waals surface area contributed by atoms with Crippen LogP contribution in [0.5, 0.6) is 0 Å². The van der Waals surface area contributed by atoms with E-state index in [0.717, 1.165) is 25.7 Å². The van der Waals surface area contributed by atoms with Gasteiger partial charge >= 0.3 is 6.18 Å². The smallest absolute Gasteiger partial charge is 0.271 e. The number of halogens is 3. The molecule has 3 N–H and O–H groups in total. The maximum atomic E-state index is 12.1. The van der Waals surface area contributed by atoms with Gasteiger partial charge in [0, 0.05) is 12.5 Å². The third-order valence-corrected chi connectivity index (χ3v) is 2.84. The molecule has 0 spiro atoms. The van der Waals surface area contributed by atoms with E-state index in [9.17, 15) is 13.2 Å². The maximum absolute atomic E-state index is 12.1. The molecule has 0 bridgehead atoms. The van der Waals surface area contributed by atoms with Gasteiger partial charge in [0.05, 0.1) is 0 Å². The van der Waals surface area contributed by atoms with Gasteiger partial charge in [0.25, 0.3) is 0 Å². The minimum atomic E-state index is -4.09. The van der Waals surface area contributed by atoms with E-state index in [-0.39, 0.29) is 18.4 Å². The number of alkyl halides is 3. The van der Waals surface area contributed by atoms with Crippen LogP contribution >= 0.6 is 0 Å². The Morgan fingerprint density at radius 1 is 1.06 bits per heavy atom. The highest BCUT2D eigenvalue weighted by Gasteiger charge is 2.30. The number of hydrazine groups is 1. The van der Waals surface area contributed by atoms with Gasteiger partial charge in [0.15, 0.2) is 0 Å². The van der Waals surface area contributed by atoms with Gasteiger partial charge in [-0.3, -0.25) is 11.3 Å². The number of nitrogens with two attached hydrogens (primary N) is 1. The van der Waals surface area contributed by atoms with Gasteiger partial charge < -0.3 is 0 Å². The minimum absolute atomic E-state index is 0.0741. The van der Waals surface area contributed by atoms with Crippen LogP contribution in [0, 0.1) is 5.92 Å². The molecule has 0 saturated heterocycles. The van der Waals surface area contributed by atoms with Gasteiger partial charge in [-0.05, 0) is 25.2 Å². The second-order valence-corrected chi connectivity index (χ2v) is 4.26. The summed E-state index contributed by atoms with van der Waals surface area (Å²) in [5, 5.41) is 0. The molecule has 0 fully saturated rings. The van der Waals surface area contributed by atoms with E-state index in [1.807, 2.05) is 13.8 Å². The minimum Gasteiger partial charge on any atom is -0.271 e. The van der Waals surface area contributed by atoms with Crippen LogP contribution in [0.4, 0.5) is 13.2 Å². The molecule has 5 heteroatoms. The van der Waals surface area contributed by atoms with E-state index >= 15 is 0 Å². The summed E-state index contributed by atoms with van der Waals surface area (Å²) in [4.78, 5) is 0. The molecule has 0 heterocycles. The Balaban J connectivity index is 4.19. The van der Waals surface area contributed by atoms with Crippen molar-refractivity contribution in [3.05, 3.63) is 0 Å². The number of nitrogens with one attached hydrogen (secondary N) is 1. The van der Waals surface area contributed by atoms with Crippen LogP contribution in [0.3, 0.4) is 0 Å². The Morgan fingerprint density at radius 3 is 1.88 bits per heavy atom. The predicted octanol–water partition coefficient (Wildman–Crippen LogP) is 3.38. The summed E-state index contributed by atoms with van der Waals surface area (Å²) in [5.41, 5.74) is 2.54. The van der Waals surface area contributed by atoms with Crippen LogP contribution in [0.1, 0.15) is 52.4 Å². The van der Waals surface area contributed by atoms with Crippen LogP contribution in [-0.2, 0) is 0 Å². The zero-order valence-electron chi connectivity index (χ0n) is 10.1. The normalized spacial score (nSPS) is 14.4. The fraction of sp³-hybridized carbons (Fsp3) is 1.00. The number of hydrogen-bond acceptors (Lipinski definition) is 2. The lowest BCUT2D eigenvalue weighted by molar-refractivity contribution is -0.137. The monoisotopic (exact) mass is 240 g/mol. The predicted molar refractivity (Wildman–Crippen MR) is 59.7 cm³/mol. The van der Waals surface area contributed by atoms with Gasteiger partial charge in [-0.25, -0.2) is 0 Å². The molecule has 0 radical (unpaired) electrons. The molecular formula is C11H23F3N2. The van der Waals surface area contributed by atoms with Crippen molar-refractivity contribution < 1.29 is 13.2 Å². The summed E-state index contributed by atoms with van der Waals surface area (Å²) in [6.07, 6.45) is -0.945. The molecule has 16 heavy (non-hydrogen) atoms. The summed E-state index contributed by atoms with van der Waals surface area (Å²) in [6, 6.07) is -0.221. The standard InChI is InChI=1S/C11H23F3N2/c1-3-5-9(6-4-2)10(16-15)7-8-11(12,13)14/h9-10,16H,3-8,15H2,1-2H3. The largest absolute Gasteiger partial charge is 0.389 e. The molecule has 98 valence electrons. The van der Waals surface area contributed by atoms with Crippen molar-refractivity contribution in [2.45, 2.75) is 64.6 Å². The maximum Gasteiger partial charge on any atom is 0.389 e. The van der Waals surface area contributed by atoms with Gasteiger partial charge in [0.2, 0.25) is 0 Å². The topological polar surface area (TPSA) is 38.0 Å². The Labute approximate surface area is 95.7 Å².